The molecule has 0 saturated carbocycles. The summed E-state index contributed by atoms with van der Waals surface area (Å²) in [6.45, 7) is 0. The summed E-state index contributed by atoms with van der Waals surface area (Å²) >= 11 is 0. The van der Waals surface area contributed by atoms with Crippen molar-refractivity contribution in [1.82, 2.24) is 0 Å². The van der Waals surface area contributed by atoms with Crippen molar-refractivity contribution in [3.63, 3.8) is 0 Å². The van der Waals surface area contributed by atoms with Crippen LogP contribution in [0.2, 0.25) is 0 Å². The van der Waals surface area contributed by atoms with Gasteiger partial charge < -0.3 is 18.9 Å². The molecular weight excluding hydrogens is 456 g/mol. The zero-order chi connectivity index (χ0) is 25.0. The first-order chi connectivity index (χ1) is 17.6. The van der Waals surface area contributed by atoms with E-state index in [2.05, 4.69) is 0 Å². The number of methoxy groups -OCH3 is 3. The summed E-state index contributed by atoms with van der Waals surface area (Å²) in [6, 6.07) is 22.4. The van der Waals surface area contributed by atoms with Gasteiger partial charge in [-0.3, -0.25) is 9.59 Å². The third kappa shape index (κ3) is 3.04. The predicted octanol–water partition coefficient (Wildman–Crippen LogP) is 5.57. The Bertz CT molecular complexity index is 1610. The number of ether oxygens (including phenoxy) is 4. The minimum Gasteiger partial charge on any atom is -0.496 e. The van der Waals surface area contributed by atoms with Crippen LogP contribution in [0.25, 0.3) is 16.5 Å². The van der Waals surface area contributed by atoms with E-state index in [1.165, 1.54) is 0 Å². The molecule has 178 valence electrons. The highest BCUT2D eigenvalue weighted by Gasteiger charge is 2.44. The van der Waals surface area contributed by atoms with Crippen molar-refractivity contribution in [1.29, 1.82) is 0 Å². The van der Waals surface area contributed by atoms with Gasteiger partial charge in [0, 0.05) is 34.2 Å². The number of hydrogen-bond acceptors (Lipinski definition) is 6. The van der Waals surface area contributed by atoms with E-state index >= 15 is 0 Å². The number of carbonyl (C=O) groups excluding carboxylic acids is 2. The lowest BCUT2D eigenvalue weighted by Gasteiger charge is -2.34. The van der Waals surface area contributed by atoms with Crippen molar-refractivity contribution < 1.29 is 28.5 Å². The second-order valence-electron chi connectivity index (χ2n) is 8.63. The molecule has 1 atom stereocenters. The largest absolute Gasteiger partial charge is 0.496 e. The van der Waals surface area contributed by atoms with Gasteiger partial charge in [0.2, 0.25) is 11.6 Å². The number of benzene rings is 4. The van der Waals surface area contributed by atoms with Gasteiger partial charge in [0.05, 0.1) is 26.9 Å². The van der Waals surface area contributed by atoms with Gasteiger partial charge in [-0.15, -0.1) is 0 Å². The molecule has 6 rings (SSSR count). The average molecular weight is 479 g/mol. The number of allylic oxidation sites excluding steroid dienone is 1. The highest BCUT2D eigenvalue weighted by atomic mass is 16.5. The van der Waals surface area contributed by atoms with Gasteiger partial charge in [-0.1, -0.05) is 54.6 Å². The first kappa shape index (κ1) is 21.9. The Morgan fingerprint density at radius 1 is 0.694 bits per heavy atom. The topological polar surface area (TPSA) is 71.1 Å². The third-order valence-corrected chi connectivity index (χ3v) is 6.88. The minimum absolute atomic E-state index is 0.285. The van der Waals surface area contributed by atoms with Gasteiger partial charge >= 0.3 is 0 Å². The van der Waals surface area contributed by atoms with E-state index in [-0.39, 0.29) is 5.57 Å². The molecule has 1 heterocycles. The van der Waals surface area contributed by atoms with Crippen molar-refractivity contribution >= 4 is 28.1 Å². The molecule has 0 saturated heterocycles. The molecule has 0 bridgehead atoms. The van der Waals surface area contributed by atoms with E-state index in [0.29, 0.717) is 45.4 Å². The lowest BCUT2D eigenvalue weighted by Crippen LogP contribution is -2.31. The van der Waals surface area contributed by atoms with Crippen LogP contribution in [0.4, 0.5) is 0 Å². The van der Waals surface area contributed by atoms with Gasteiger partial charge in [-0.05, 0) is 22.9 Å². The van der Waals surface area contributed by atoms with E-state index in [0.717, 1.165) is 16.3 Å². The van der Waals surface area contributed by atoms with Gasteiger partial charge in [-0.25, -0.2) is 0 Å². The Labute approximate surface area is 207 Å². The van der Waals surface area contributed by atoms with Gasteiger partial charge in [0.25, 0.3) is 0 Å². The zero-order valence-corrected chi connectivity index (χ0v) is 20.0. The zero-order valence-electron chi connectivity index (χ0n) is 20.0. The van der Waals surface area contributed by atoms with Crippen LogP contribution in [-0.4, -0.2) is 32.9 Å². The highest BCUT2D eigenvalue weighted by Crippen LogP contribution is 2.53. The minimum atomic E-state index is -0.644. The summed E-state index contributed by atoms with van der Waals surface area (Å²) in [6.07, 6.45) is 0. The summed E-state index contributed by atoms with van der Waals surface area (Å²) in [5.41, 5.74) is 2.68. The SMILES string of the molecule is COc1cc(OC)c(C2C3=C(Oc4ccc5ccccc5c42)c2ccccc2C(=O)C3=O)cc1OC. The maximum absolute atomic E-state index is 13.7. The molecule has 6 nitrogen and oxygen atoms in total. The van der Waals surface area contributed by atoms with Crippen molar-refractivity contribution in [3.05, 3.63) is 101 Å². The Hall–Kier alpha value is -4.58. The molecule has 6 heteroatoms. The maximum atomic E-state index is 13.7. The molecule has 0 amide bonds. The number of ketones is 2. The Balaban J connectivity index is 1.75. The molecule has 1 unspecified atom stereocenters. The molecular formula is C30H22O6. The molecule has 0 fully saturated rings. The van der Waals surface area contributed by atoms with Crippen molar-refractivity contribution in [3.8, 4) is 23.0 Å². The van der Waals surface area contributed by atoms with Crippen LogP contribution in [-0.2, 0) is 4.79 Å². The lowest BCUT2D eigenvalue weighted by atomic mass is 9.73. The van der Waals surface area contributed by atoms with Crippen molar-refractivity contribution in [2.75, 3.05) is 21.3 Å². The molecule has 1 aliphatic carbocycles. The van der Waals surface area contributed by atoms with Crippen LogP contribution < -0.4 is 18.9 Å². The fourth-order valence-corrected chi connectivity index (χ4v) is 5.25. The van der Waals surface area contributed by atoms with Gasteiger partial charge in [0.1, 0.15) is 17.3 Å². The molecule has 0 spiro atoms. The molecule has 0 aromatic heterocycles. The number of rotatable bonds is 4. The van der Waals surface area contributed by atoms with E-state index in [9.17, 15) is 9.59 Å². The number of carbonyl (C=O) groups is 2. The lowest BCUT2D eigenvalue weighted by molar-refractivity contribution is -0.112. The van der Waals surface area contributed by atoms with Gasteiger partial charge in [-0.2, -0.15) is 0 Å². The quantitative estimate of drug-likeness (QED) is 0.357. The molecule has 4 aromatic carbocycles. The molecule has 0 radical (unpaired) electrons. The Kier molecular flexibility index (Phi) is 5.04. The summed E-state index contributed by atoms with van der Waals surface area (Å²) in [5.74, 6) is 0.697. The van der Waals surface area contributed by atoms with E-state index in [1.807, 2.05) is 54.6 Å². The van der Waals surface area contributed by atoms with Crippen molar-refractivity contribution in [2.45, 2.75) is 5.92 Å². The van der Waals surface area contributed by atoms with Crippen LogP contribution in [0.3, 0.4) is 0 Å². The Morgan fingerprint density at radius 2 is 1.36 bits per heavy atom. The Morgan fingerprint density at radius 3 is 2.11 bits per heavy atom. The standard InChI is InChI=1S/C30H22O6/c1-33-22-15-24(35-3)23(34-2)14-20(22)26-25-17-9-5-4-8-16(17)12-13-21(25)36-30-19-11-7-6-10-18(19)28(31)29(32)27(26)30/h4-15,26H,1-3H3. The van der Waals surface area contributed by atoms with E-state index in [4.69, 9.17) is 18.9 Å². The number of fused-ring (bicyclic) bond motifs is 5. The molecule has 1 aliphatic heterocycles. The molecule has 36 heavy (non-hydrogen) atoms. The van der Waals surface area contributed by atoms with Crippen LogP contribution in [0.5, 0.6) is 23.0 Å². The number of hydrogen-bond donors (Lipinski definition) is 0. The van der Waals surface area contributed by atoms with Crippen LogP contribution >= 0.6 is 0 Å². The van der Waals surface area contributed by atoms with Gasteiger partial charge in [0.15, 0.2) is 11.5 Å². The molecule has 4 aromatic rings. The summed E-state index contributed by atoms with van der Waals surface area (Å²) in [4.78, 5) is 27.0. The fourth-order valence-electron chi connectivity index (χ4n) is 5.25. The smallest absolute Gasteiger partial charge is 0.234 e. The molecule has 0 N–H and O–H groups in total. The molecule has 2 aliphatic rings. The maximum Gasteiger partial charge on any atom is 0.234 e. The third-order valence-electron chi connectivity index (χ3n) is 6.88. The predicted molar refractivity (Wildman–Crippen MR) is 135 cm³/mol. The fraction of sp³-hybridized carbons (Fsp3) is 0.133. The van der Waals surface area contributed by atoms with Crippen LogP contribution in [0.1, 0.15) is 33.0 Å². The second-order valence-corrected chi connectivity index (χ2v) is 8.63. The normalized spacial score (nSPS) is 16.1. The monoisotopic (exact) mass is 478 g/mol. The van der Waals surface area contributed by atoms with Crippen LogP contribution in [0, 0.1) is 0 Å². The van der Waals surface area contributed by atoms with Crippen LogP contribution in [0.15, 0.2) is 78.4 Å². The van der Waals surface area contributed by atoms with Crippen molar-refractivity contribution in [2.24, 2.45) is 0 Å². The van der Waals surface area contributed by atoms with E-state index in [1.54, 1.807) is 39.5 Å². The summed E-state index contributed by atoms with van der Waals surface area (Å²) < 4.78 is 23.3. The first-order valence-electron chi connectivity index (χ1n) is 11.5. The van der Waals surface area contributed by atoms with E-state index < -0.39 is 17.5 Å². The summed E-state index contributed by atoms with van der Waals surface area (Å²) in [5, 5.41) is 1.91. The average Bonchev–Trinajstić information content (AvgIpc) is 2.93. The second kappa shape index (κ2) is 8.27. The highest BCUT2D eigenvalue weighted by molar-refractivity contribution is 6.52. The number of Topliss-reactive ketones (excluding diaryl/α,β-unsaturated/α-hetero) is 2. The summed E-state index contributed by atoms with van der Waals surface area (Å²) in [7, 11) is 4.67. The first-order valence-corrected chi connectivity index (χ1v) is 11.5.